The van der Waals surface area contributed by atoms with E-state index >= 15 is 0 Å². The second-order valence-electron chi connectivity index (χ2n) is 8.23. The monoisotopic (exact) mass is 362 g/mol. The Kier molecular flexibility index (Phi) is 4.30. The molecule has 1 amide bonds. The van der Waals surface area contributed by atoms with E-state index in [2.05, 4.69) is 50.1 Å². The minimum absolute atomic E-state index is 0.285. The fourth-order valence-electron chi connectivity index (χ4n) is 5.51. The van der Waals surface area contributed by atoms with Gasteiger partial charge in [-0.1, -0.05) is 30.3 Å². The van der Waals surface area contributed by atoms with Crippen LogP contribution in [-0.4, -0.2) is 45.9 Å². The Morgan fingerprint density at radius 1 is 1.00 bits per heavy atom. The van der Waals surface area contributed by atoms with Crippen molar-refractivity contribution in [3.05, 3.63) is 54.4 Å². The number of hydrogen-bond donors (Lipinski definition) is 0. The van der Waals surface area contributed by atoms with Gasteiger partial charge in [-0.05, 0) is 49.1 Å². The SMILES string of the molecule is O=C1CCC[C@H]2[C@@H]3C[C@@H](CN(c4ncccn4)C3)[C@H](Cc3ccccc3)N12. The van der Waals surface area contributed by atoms with E-state index in [1.165, 1.54) is 12.0 Å². The summed E-state index contributed by atoms with van der Waals surface area (Å²) in [5, 5.41) is 0. The number of hydrogen-bond acceptors (Lipinski definition) is 4. The smallest absolute Gasteiger partial charge is 0.225 e. The van der Waals surface area contributed by atoms with Gasteiger partial charge in [-0.3, -0.25) is 4.79 Å². The second kappa shape index (κ2) is 6.95. The van der Waals surface area contributed by atoms with Crippen LogP contribution in [0.2, 0.25) is 0 Å². The first-order valence-electron chi connectivity index (χ1n) is 10.2. The van der Waals surface area contributed by atoms with Crippen LogP contribution in [0.3, 0.4) is 0 Å². The molecule has 5 heteroatoms. The van der Waals surface area contributed by atoms with Crippen molar-refractivity contribution in [3.8, 4) is 0 Å². The Hall–Kier alpha value is -2.43. The topological polar surface area (TPSA) is 49.3 Å². The Bertz CT molecular complexity index is 796. The molecule has 0 radical (unpaired) electrons. The molecular weight excluding hydrogens is 336 g/mol. The fraction of sp³-hybridized carbons (Fsp3) is 0.500. The van der Waals surface area contributed by atoms with E-state index in [1.54, 1.807) is 0 Å². The fourth-order valence-corrected chi connectivity index (χ4v) is 5.51. The molecule has 3 aliphatic rings. The molecule has 2 aromatic rings. The summed E-state index contributed by atoms with van der Waals surface area (Å²) in [5.74, 6) is 2.21. The van der Waals surface area contributed by atoms with Crippen LogP contribution >= 0.6 is 0 Å². The number of piperidine rings is 3. The lowest BCUT2D eigenvalue weighted by atomic mass is 9.71. The third-order valence-corrected chi connectivity index (χ3v) is 6.62. The van der Waals surface area contributed by atoms with Crippen molar-refractivity contribution in [1.29, 1.82) is 0 Å². The number of carbonyl (C=O) groups excluding carboxylic acids is 1. The number of anilines is 1. The molecule has 4 heterocycles. The number of nitrogens with zero attached hydrogens (tertiary/aromatic N) is 4. The molecule has 3 aliphatic heterocycles. The normalized spacial score (nSPS) is 30.1. The van der Waals surface area contributed by atoms with E-state index in [9.17, 15) is 4.79 Å². The summed E-state index contributed by atoms with van der Waals surface area (Å²) in [6.45, 7) is 1.90. The van der Waals surface area contributed by atoms with E-state index in [0.29, 0.717) is 30.2 Å². The molecule has 1 aromatic carbocycles. The largest absolute Gasteiger partial charge is 0.340 e. The van der Waals surface area contributed by atoms with Gasteiger partial charge < -0.3 is 9.80 Å². The van der Waals surface area contributed by atoms with Gasteiger partial charge in [0, 0.05) is 44.0 Å². The number of carbonyl (C=O) groups is 1. The van der Waals surface area contributed by atoms with E-state index in [-0.39, 0.29) is 6.04 Å². The maximum Gasteiger partial charge on any atom is 0.225 e. The summed E-state index contributed by atoms with van der Waals surface area (Å²) in [4.78, 5) is 26.5. The highest BCUT2D eigenvalue weighted by molar-refractivity contribution is 5.78. The van der Waals surface area contributed by atoms with Gasteiger partial charge in [0.25, 0.3) is 0 Å². The van der Waals surface area contributed by atoms with Gasteiger partial charge in [0.2, 0.25) is 11.9 Å². The van der Waals surface area contributed by atoms with Crippen LogP contribution in [0, 0.1) is 11.8 Å². The number of amides is 1. The predicted molar refractivity (Wildman–Crippen MR) is 104 cm³/mol. The lowest BCUT2D eigenvalue weighted by Crippen LogP contribution is -2.65. The van der Waals surface area contributed by atoms with Crippen LogP contribution in [0.15, 0.2) is 48.8 Å². The standard InChI is InChI=1S/C22H26N4O/c27-21-9-4-8-19-17-13-18(15-25(14-17)22-23-10-5-11-24-22)20(26(19)21)12-16-6-2-1-3-7-16/h1-3,5-7,10-11,17-20H,4,8-9,12-15H2/t17-,18+,19+,20+/m1/s1. The summed E-state index contributed by atoms with van der Waals surface area (Å²) in [5.41, 5.74) is 1.33. The van der Waals surface area contributed by atoms with Gasteiger partial charge in [0.05, 0.1) is 0 Å². The Morgan fingerprint density at radius 2 is 1.78 bits per heavy atom. The highest BCUT2D eigenvalue weighted by Crippen LogP contribution is 2.43. The molecular formula is C22H26N4O. The van der Waals surface area contributed by atoms with Crippen LogP contribution in [0.5, 0.6) is 0 Å². The van der Waals surface area contributed by atoms with Crippen LogP contribution in [0.25, 0.3) is 0 Å². The third kappa shape index (κ3) is 3.09. The Morgan fingerprint density at radius 3 is 2.59 bits per heavy atom. The first-order valence-corrected chi connectivity index (χ1v) is 10.2. The van der Waals surface area contributed by atoms with Crippen molar-refractivity contribution >= 4 is 11.9 Å². The molecule has 0 aliphatic carbocycles. The molecule has 140 valence electrons. The number of benzene rings is 1. The molecule has 0 spiro atoms. The van der Waals surface area contributed by atoms with E-state index in [0.717, 1.165) is 38.3 Å². The zero-order valence-electron chi connectivity index (χ0n) is 15.6. The Labute approximate surface area is 160 Å². The van der Waals surface area contributed by atoms with Gasteiger partial charge in [-0.2, -0.15) is 0 Å². The molecule has 0 unspecified atom stereocenters. The van der Waals surface area contributed by atoms with Crippen molar-refractivity contribution in [2.45, 2.75) is 44.2 Å². The van der Waals surface area contributed by atoms with Gasteiger partial charge in [-0.15, -0.1) is 0 Å². The summed E-state index contributed by atoms with van der Waals surface area (Å²) in [6, 6.07) is 13.2. The number of fused-ring (bicyclic) bond motifs is 4. The molecule has 0 N–H and O–H groups in total. The maximum atomic E-state index is 12.9. The first kappa shape index (κ1) is 16.7. The molecule has 1 aromatic heterocycles. The number of rotatable bonds is 3. The van der Waals surface area contributed by atoms with Gasteiger partial charge in [0.15, 0.2) is 0 Å². The van der Waals surface area contributed by atoms with E-state index < -0.39 is 0 Å². The van der Waals surface area contributed by atoms with Crippen LogP contribution in [0.4, 0.5) is 5.95 Å². The lowest BCUT2D eigenvalue weighted by Gasteiger charge is -2.56. The molecule has 27 heavy (non-hydrogen) atoms. The first-order chi connectivity index (χ1) is 13.3. The predicted octanol–water partition coefficient (Wildman–Crippen LogP) is 2.93. The zero-order valence-corrected chi connectivity index (χ0v) is 15.6. The molecule has 3 fully saturated rings. The average Bonchev–Trinajstić information content (AvgIpc) is 2.72. The molecule has 3 saturated heterocycles. The van der Waals surface area contributed by atoms with E-state index in [1.807, 2.05) is 18.5 Å². The van der Waals surface area contributed by atoms with Crippen LogP contribution in [-0.2, 0) is 11.2 Å². The quantitative estimate of drug-likeness (QED) is 0.842. The van der Waals surface area contributed by atoms with Crippen molar-refractivity contribution < 1.29 is 4.79 Å². The molecule has 2 bridgehead atoms. The van der Waals surface area contributed by atoms with Crippen LogP contribution < -0.4 is 4.90 Å². The lowest BCUT2D eigenvalue weighted by molar-refractivity contribution is -0.148. The van der Waals surface area contributed by atoms with Gasteiger partial charge in [0.1, 0.15) is 0 Å². The zero-order chi connectivity index (χ0) is 18.2. The minimum Gasteiger partial charge on any atom is -0.340 e. The molecule has 5 rings (SSSR count). The molecule has 4 atom stereocenters. The second-order valence-corrected chi connectivity index (χ2v) is 8.23. The maximum absolute atomic E-state index is 12.9. The minimum atomic E-state index is 0.285. The van der Waals surface area contributed by atoms with Crippen molar-refractivity contribution in [2.75, 3.05) is 18.0 Å². The van der Waals surface area contributed by atoms with Crippen molar-refractivity contribution in [2.24, 2.45) is 11.8 Å². The van der Waals surface area contributed by atoms with Gasteiger partial charge >= 0.3 is 0 Å². The number of aromatic nitrogens is 2. The summed E-state index contributed by atoms with van der Waals surface area (Å²) < 4.78 is 0. The average molecular weight is 362 g/mol. The molecule has 0 saturated carbocycles. The van der Waals surface area contributed by atoms with Crippen LogP contribution in [0.1, 0.15) is 31.2 Å². The summed E-state index contributed by atoms with van der Waals surface area (Å²) in [6.07, 6.45) is 8.69. The highest BCUT2D eigenvalue weighted by atomic mass is 16.2. The Balaban J connectivity index is 1.47. The third-order valence-electron chi connectivity index (χ3n) is 6.62. The van der Waals surface area contributed by atoms with Crippen molar-refractivity contribution in [3.63, 3.8) is 0 Å². The van der Waals surface area contributed by atoms with Crippen molar-refractivity contribution in [1.82, 2.24) is 14.9 Å². The van der Waals surface area contributed by atoms with Gasteiger partial charge in [-0.25, -0.2) is 9.97 Å². The summed E-state index contributed by atoms with van der Waals surface area (Å²) in [7, 11) is 0. The van der Waals surface area contributed by atoms with E-state index in [4.69, 9.17) is 0 Å². The summed E-state index contributed by atoms with van der Waals surface area (Å²) >= 11 is 0. The highest BCUT2D eigenvalue weighted by Gasteiger charge is 2.49. The molecule has 5 nitrogen and oxygen atoms in total.